The Morgan fingerprint density at radius 1 is 1.05 bits per heavy atom. The third-order valence-corrected chi connectivity index (χ3v) is 2.59. The Morgan fingerprint density at radius 2 is 1.79 bits per heavy atom. The number of hydrogen-bond donors (Lipinski definition) is 2. The lowest BCUT2D eigenvalue weighted by Crippen LogP contribution is -2.19. The zero-order valence-corrected chi connectivity index (χ0v) is 13.3. The number of rotatable bonds is 8. The molecule has 19 heavy (non-hydrogen) atoms. The number of ether oxygens (including phenoxy) is 2. The van der Waals surface area contributed by atoms with Gasteiger partial charge in [0.1, 0.15) is 11.5 Å². The summed E-state index contributed by atoms with van der Waals surface area (Å²) in [5.74, 6) is 1.69. The van der Waals surface area contributed by atoms with Gasteiger partial charge >= 0.3 is 0 Å². The highest BCUT2D eigenvalue weighted by Gasteiger charge is 2.04. The van der Waals surface area contributed by atoms with Crippen molar-refractivity contribution in [1.29, 1.82) is 0 Å². The van der Waals surface area contributed by atoms with Crippen LogP contribution >= 0.6 is 24.8 Å². The summed E-state index contributed by atoms with van der Waals surface area (Å²) >= 11 is 0. The lowest BCUT2D eigenvalue weighted by molar-refractivity contribution is 0.389. The first-order valence-corrected chi connectivity index (χ1v) is 5.88. The van der Waals surface area contributed by atoms with Gasteiger partial charge in [0.05, 0.1) is 14.2 Å². The molecule has 0 saturated heterocycles. The SMILES string of the molecule is CNCCCNCc1ccc(OC)cc1OC.Cl.Cl. The fourth-order valence-electron chi connectivity index (χ4n) is 1.61. The summed E-state index contributed by atoms with van der Waals surface area (Å²) in [6.45, 7) is 2.85. The molecule has 112 valence electrons. The summed E-state index contributed by atoms with van der Waals surface area (Å²) in [6, 6.07) is 5.89. The van der Waals surface area contributed by atoms with Crippen LogP contribution in [0.2, 0.25) is 0 Å². The van der Waals surface area contributed by atoms with E-state index in [2.05, 4.69) is 10.6 Å². The van der Waals surface area contributed by atoms with Gasteiger partial charge in [0.15, 0.2) is 0 Å². The highest BCUT2D eigenvalue weighted by molar-refractivity contribution is 5.85. The molecule has 0 aliphatic rings. The molecule has 0 heterocycles. The molecule has 0 aromatic heterocycles. The maximum atomic E-state index is 5.33. The molecule has 2 N–H and O–H groups in total. The summed E-state index contributed by atoms with van der Waals surface area (Å²) in [5, 5.41) is 6.51. The summed E-state index contributed by atoms with van der Waals surface area (Å²) in [6.07, 6.45) is 1.12. The Morgan fingerprint density at radius 3 is 2.37 bits per heavy atom. The van der Waals surface area contributed by atoms with Gasteiger partial charge < -0.3 is 20.1 Å². The van der Waals surface area contributed by atoms with E-state index in [9.17, 15) is 0 Å². The van der Waals surface area contributed by atoms with Crippen LogP contribution in [0.3, 0.4) is 0 Å². The van der Waals surface area contributed by atoms with Crippen molar-refractivity contribution >= 4 is 24.8 Å². The first-order valence-electron chi connectivity index (χ1n) is 5.88. The molecule has 0 spiro atoms. The second-order valence-electron chi connectivity index (χ2n) is 3.81. The second-order valence-corrected chi connectivity index (χ2v) is 3.81. The molecule has 0 aliphatic carbocycles. The molecule has 1 aromatic carbocycles. The van der Waals surface area contributed by atoms with E-state index in [0.29, 0.717) is 0 Å². The molecule has 1 aromatic rings. The van der Waals surface area contributed by atoms with Crippen molar-refractivity contribution in [1.82, 2.24) is 10.6 Å². The van der Waals surface area contributed by atoms with E-state index in [4.69, 9.17) is 9.47 Å². The lowest BCUT2D eigenvalue weighted by atomic mass is 10.2. The second kappa shape index (κ2) is 12.4. The Labute approximate surface area is 128 Å². The molecule has 0 amide bonds. The third kappa shape index (κ3) is 7.47. The minimum atomic E-state index is 0. The number of halogens is 2. The van der Waals surface area contributed by atoms with E-state index < -0.39 is 0 Å². The Balaban J connectivity index is 0. The number of methoxy groups -OCH3 is 2. The van der Waals surface area contributed by atoms with Crippen LogP contribution in [0.5, 0.6) is 11.5 Å². The Kier molecular flexibility index (Phi) is 13.4. The smallest absolute Gasteiger partial charge is 0.127 e. The Bertz CT molecular complexity index is 338. The van der Waals surface area contributed by atoms with Crippen LogP contribution < -0.4 is 20.1 Å². The summed E-state index contributed by atoms with van der Waals surface area (Å²) in [4.78, 5) is 0. The zero-order chi connectivity index (χ0) is 12.5. The van der Waals surface area contributed by atoms with Crippen LogP contribution in [-0.2, 0) is 6.54 Å². The zero-order valence-electron chi connectivity index (χ0n) is 11.7. The van der Waals surface area contributed by atoms with Crippen LogP contribution in [-0.4, -0.2) is 34.4 Å². The quantitative estimate of drug-likeness (QED) is 0.723. The van der Waals surface area contributed by atoms with Gasteiger partial charge in [0.25, 0.3) is 0 Å². The predicted octanol–water partition coefficient (Wildman–Crippen LogP) is 2.25. The van der Waals surface area contributed by atoms with Gasteiger partial charge in [-0.1, -0.05) is 6.07 Å². The predicted molar refractivity (Wildman–Crippen MR) is 84.3 cm³/mol. The van der Waals surface area contributed by atoms with Gasteiger partial charge in [-0.15, -0.1) is 24.8 Å². The minimum Gasteiger partial charge on any atom is -0.497 e. The molecule has 0 atom stereocenters. The highest BCUT2D eigenvalue weighted by Crippen LogP contribution is 2.24. The average molecular weight is 311 g/mol. The van der Waals surface area contributed by atoms with E-state index >= 15 is 0 Å². The molecule has 0 radical (unpaired) electrons. The monoisotopic (exact) mass is 310 g/mol. The molecule has 4 nitrogen and oxygen atoms in total. The van der Waals surface area contributed by atoms with Gasteiger partial charge in [0, 0.05) is 18.2 Å². The molecule has 0 aliphatic heterocycles. The number of hydrogen-bond acceptors (Lipinski definition) is 4. The van der Waals surface area contributed by atoms with Crippen molar-refractivity contribution in [3.8, 4) is 11.5 Å². The molecular weight excluding hydrogens is 287 g/mol. The van der Waals surface area contributed by atoms with Crippen LogP contribution in [0.1, 0.15) is 12.0 Å². The van der Waals surface area contributed by atoms with Crippen molar-refractivity contribution in [2.45, 2.75) is 13.0 Å². The van der Waals surface area contributed by atoms with E-state index in [-0.39, 0.29) is 24.8 Å². The van der Waals surface area contributed by atoms with E-state index in [1.165, 1.54) is 0 Å². The molecular formula is C13H24Cl2N2O2. The number of nitrogens with one attached hydrogen (secondary N) is 2. The number of benzene rings is 1. The normalized spacial score (nSPS) is 9.21. The minimum absolute atomic E-state index is 0. The lowest BCUT2D eigenvalue weighted by Gasteiger charge is -2.11. The van der Waals surface area contributed by atoms with Gasteiger partial charge in [0.2, 0.25) is 0 Å². The van der Waals surface area contributed by atoms with Crippen LogP contribution in [0.4, 0.5) is 0 Å². The molecule has 0 unspecified atom stereocenters. The topological polar surface area (TPSA) is 42.5 Å². The van der Waals surface area contributed by atoms with Crippen molar-refractivity contribution in [2.24, 2.45) is 0 Å². The van der Waals surface area contributed by atoms with Crippen molar-refractivity contribution in [3.05, 3.63) is 23.8 Å². The van der Waals surface area contributed by atoms with Gasteiger partial charge in [-0.2, -0.15) is 0 Å². The van der Waals surface area contributed by atoms with Crippen LogP contribution in [0.25, 0.3) is 0 Å². The first kappa shape index (κ1) is 20.6. The van der Waals surface area contributed by atoms with E-state index in [1.54, 1.807) is 14.2 Å². The van der Waals surface area contributed by atoms with Crippen molar-refractivity contribution < 1.29 is 9.47 Å². The van der Waals surface area contributed by atoms with Gasteiger partial charge in [-0.25, -0.2) is 0 Å². The summed E-state index contributed by atoms with van der Waals surface area (Å²) in [7, 11) is 5.30. The van der Waals surface area contributed by atoms with Crippen molar-refractivity contribution in [2.75, 3.05) is 34.4 Å². The Hall–Kier alpha value is -0.680. The van der Waals surface area contributed by atoms with E-state index in [0.717, 1.165) is 43.1 Å². The molecule has 0 bridgehead atoms. The van der Waals surface area contributed by atoms with E-state index in [1.807, 2.05) is 25.2 Å². The largest absolute Gasteiger partial charge is 0.497 e. The maximum Gasteiger partial charge on any atom is 0.127 e. The maximum absolute atomic E-state index is 5.33. The molecule has 6 heteroatoms. The van der Waals surface area contributed by atoms with Crippen LogP contribution in [0, 0.1) is 0 Å². The van der Waals surface area contributed by atoms with Crippen LogP contribution in [0.15, 0.2) is 18.2 Å². The fraction of sp³-hybridized carbons (Fsp3) is 0.538. The molecule has 0 fully saturated rings. The molecule has 1 rings (SSSR count). The van der Waals surface area contributed by atoms with Gasteiger partial charge in [-0.05, 0) is 32.6 Å². The summed E-state index contributed by atoms with van der Waals surface area (Å²) in [5.41, 5.74) is 1.15. The fourth-order valence-corrected chi connectivity index (χ4v) is 1.61. The van der Waals surface area contributed by atoms with Crippen molar-refractivity contribution in [3.63, 3.8) is 0 Å². The first-order chi connectivity index (χ1) is 8.31. The summed E-state index contributed by atoms with van der Waals surface area (Å²) < 4.78 is 10.5. The average Bonchev–Trinajstić information content (AvgIpc) is 2.38. The van der Waals surface area contributed by atoms with Gasteiger partial charge in [-0.3, -0.25) is 0 Å². The molecule has 0 saturated carbocycles. The standard InChI is InChI=1S/C13H22N2O2.2ClH/c1-14-7-4-8-15-10-11-5-6-12(16-2)9-13(11)17-3;;/h5-6,9,14-15H,4,7-8,10H2,1-3H3;2*1H. The third-order valence-electron chi connectivity index (χ3n) is 2.59. The highest BCUT2D eigenvalue weighted by atomic mass is 35.5.